The molecule has 0 amide bonds. The first-order chi connectivity index (χ1) is 9.18. The molecule has 0 bridgehead atoms. The van der Waals surface area contributed by atoms with Crippen LogP contribution in [0.1, 0.15) is 0 Å². The Balaban J connectivity index is 2.35. The molecule has 0 spiro atoms. The number of alkyl halides is 3. The highest BCUT2D eigenvalue weighted by Crippen LogP contribution is 2.24. The van der Waals surface area contributed by atoms with Crippen LogP contribution in [-0.4, -0.2) is 26.0 Å². The lowest BCUT2D eigenvalue weighted by Crippen LogP contribution is -2.17. The fourth-order valence-electron chi connectivity index (χ4n) is 1.88. The normalized spacial score (nSPS) is 13.0. The Bertz CT molecular complexity index is 722. The van der Waals surface area contributed by atoms with Crippen LogP contribution in [0.5, 0.6) is 0 Å². The number of halogens is 3. The van der Waals surface area contributed by atoms with Gasteiger partial charge >= 0.3 is 6.36 Å². The molecule has 0 unspecified atom stereocenters. The molecular weight excluding hydrogens is 297 g/mol. The quantitative estimate of drug-likeness (QED) is 0.936. The number of para-hydroxylation sites is 1. The van der Waals surface area contributed by atoms with E-state index in [0.717, 1.165) is 0 Å². The highest BCUT2D eigenvalue weighted by atomic mass is 32.2. The fraction of sp³-hybridized carbons (Fsp3) is 0.273. The Morgan fingerprint density at radius 2 is 1.90 bits per heavy atom. The Morgan fingerprint density at radius 1 is 1.25 bits per heavy atom. The number of benzene rings is 1. The smallest absolute Gasteiger partial charge is 0.344 e. The molecule has 1 heterocycles. The van der Waals surface area contributed by atoms with Crippen LogP contribution in [0.2, 0.25) is 0 Å². The van der Waals surface area contributed by atoms with Gasteiger partial charge in [-0.05, 0) is 6.07 Å². The Kier molecular flexibility index (Phi) is 3.76. The highest BCUT2D eigenvalue weighted by molar-refractivity contribution is 7.89. The summed E-state index contributed by atoms with van der Waals surface area (Å²) in [5.41, 5.74) is 0.474. The van der Waals surface area contributed by atoms with Crippen molar-refractivity contribution in [1.29, 1.82) is 0 Å². The van der Waals surface area contributed by atoms with E-state index in [2.05, 4.69) is 4.74 Å². The molecule has 1 aromatic carbocycles. The average molecular weight is 308 g/mol. The van der Waals surface area contributed by atoms with Gasteiger partial charge in [0.15, 0.2) is 0 Å². The van der Waals surface area contributed by atoms with E-state index in [9.17, 15) is 21.6 Å². The van der Waals surface area contributed by atoms with Crippen LogP contribution in [0.3, 0.4) is 0 Å². The highest BCUT2D eigenvalue weighted by Gasteiger charge is 2.28. The van der Waals surface area contributed by atoms with Gasteiger partial charge in [0.25, 0.3) is 0 Å². The molecule has 0 atom stereocenters. The van der Waals surface area contributed by atoms with Crippen molar-refractivity contribution >= 4 is 20.9 Å². The van der Waals surface area contributed by atoms with Crippen LogP contribution in [0.4, 0.5) is 13.2 Å². The first kappa shape index (κ1) is 14.8. The number of nitrogens with two attached hydrogens (primary N) is 1. The number of rotatable bonds is 4. The molecule has 9 heteroatoms. The summed E-state index contributed by atoms with van der Waals surface area (Å²) < 4.78 is 63.7. The Morgan fingerprint density at radius 3 is 2.50 bits per heavy atom. The molecule has 2 rings (SSSR count). The molecule has 2 aromatic rings. The van der Waals surface area contributed by atoms with E-state index in [1.807, 2.05) is 0 Å². The van der Waals surface area contributed by atoms with Gasteiger partial charge in [-0.2, -0.15) is 0 Å². The predicted octanol–water partition coefficient (Wildman–Crippen LogP) is 1.83. The van der Waals surface area contributed by atoms with Crippen molar-refractivity contribution < 1.29 is 26.3 Å². The second-order valence-electron chi connectivity index (χ2n) is 4.04. The monoisotopic (exact) mass is 308 g/mol. The van der Waals surface area contributed by atoms with Gasteiger partial charge in [-0.3, -0.25) is 4.74 Å². The largest absolute Gasteiger partial charge is 0.522 e. The minimum absolute atomic E-state index is 0.125. The number of primary sulfonamides is 1. The summed E-state index contributed by atoms with van der Waals surface area (Å²) in [5.74, 6) is 0. The minimum atomic E-state index is -4.72. The molecule has 0 aliphatic rings. The van der Waals surface area contributed by atoms with Crippen molar-refractivity contribution in [1.82, 2.24) is 4.57 Å². The number of fused-ring (bicyclic) bond motifs is 1. The lowest BCUT2D eigenvalue weighted by molar-refractivity contribution is -0.325. The van der Waals surface area contributed by atoms with Crippen molar-refractivity contribution in [2.75, 3.05) is 6.61 Å². The second kappa shape index (κ2) is 5.08. The molecule has 5 nitrogen and oxygen atoms in total. The zero-order chi connectivity index (χ0) is 15.0. The second-order valence-corrected chi connectivity index (χ2v) is 5.57. The van der Waals surface area contributed by atoms with Crippen LogP contribution >= 0.6 is 0 Å². The van der Waals surface area contributed by atoms with Crippen LogP contribution in [0, 0.1) is 0 Å². The van der Waals surface area contributed by atoms with Crippen molar-refractivity contribution in [3.05, 3.63) is 30.5 Å². The molecule has 1 aromatic heterocycles. The molecule has 20 heavy (non-hydrogen) atoms. The van der Waals surface area contributed by atoms with Gasteiger partial charge in [0.1, 0.15) is 4.90 Å². The molecule has 0 saturated heterocycles. The van der Waals surface area contributed by atoms with E-state index in [-0.39, 0.29) is 11.4 Å². The topological polar surface area (TPSA) is 74.3 Å². The summed E-state index contributed by atoms with van der Waals surface area (Å²) >= 11 is 0. The average Bonchev–Trinajstić information content (AvgIpc) is 2.67. The third kappa shape index (κ3) is 3.30. The van der Waals surface area contributed by atoms with Gasteiger partial charge in [0.2, 0.25) is 10.0 Å². The number of sulfonamides is 1. The van der Waals surface area contributed by atoms with Gasteiger partial charge in [-0.25, -0.2) is 13.6 Å². The number of hydrogen-bond acceptors (Lipinski definition) is 3. The van der Waals surface area contributed by atoms with Crippen LogP contribution < -0.4 is 5.14 Å². The van der Waals surface area contributed by atoms with Gasteiger partial charge in [0, 0.05) is 23.6 Å². The lowest BCUT2D eigenvalue weighted by Gasteiger charge is -2.08. The molecule has 0 aliphatic carbocycles. The molecule has 0 saturated carbocycles. The minimum Gasteiger partial charge on any atom is -0.344 e. The summed E-state index contributed by atoms with van der Waals surface area (Å²) in [7, 11) is -3.95. The van der Waals surface area contributed by atoms with Crippen LogP contribution in [0.25, 0.3) is 10.9 Å². The number of aromatic nitrogens is 1. The molecule has 0 radical (unpaired) electrons. The van der Waals surface area contributed by atoms with Crippen molar-refractivity contribution in [3.63, 3.8) is 0 Å². The maximum Gasteiger partial charge on any atom is 0.522 e. The van der Waals surface area contributed by atoms with Gasteiger partial charge in [-0.15, -0.1) is 13.2 Å². The maximum absolute atomic E-state index is 11.9. The van der Waals surface area contributed by atoms with E-state index in [1.165, 1.54) is 16.8 Å². The predicted molar refractivity (Wildman–Crippen MR) is 65.3 cm³/mol. The fourth-order valence-corrected chi connectivity index (χ4v) is 2.64. The lowest BCUT2D eigenvalue weighted by atomic mass is 10.2. The van der Waals surface area contributed by atoms with Crippen molar-refractivity contribution in [2.24, 2.45) is 5.14 Å². The van der Waals surface area contributed by atoms with Crippen molar-refractivity contribution in [2.45, 2.75) is 17.8 Å². The van der Waals surface area contributed by atoms with Crippen LogP contribution in [0.15, 0.2) is 35.4 Å². The summed E-state index contributed by atoms with van der Waals surface area (Å²) in [6, 6.07) is 6.40. The van der Waals surface area contributed by atoms with E-state index in [4.69, 9.17) is 5.14 Å². The summed E-state index contributed by atoms with van der Waals surface area (Å²) in [6.45, 7) is -0.762. The maximum atomic E-state index is 11.9. The van der Waals surface area contributed by atoms with Crippen molar-refractivity contribution in [3.8, 4) is 0 Å². The molecule has 110 valence electrons. The number of hydrogen-bond donors (Lipinski definition) is 1. The van der Waals surface area contributed by atoms with E-state index < -0.39 is 23.0 Å². The number of nitrogens with zero attached hydrogens (tertiary/aromatic N) is 1. The molecule has 0 aliphatic heterocycles. The molecule has 2 N–H and O–H groups in total. The Hall–Kier alpha value is -1.58. The molecular formula is C11H11F3N2O3S. The van der Waals surface area contributed by atoms with Gasteiger partial charge < -0.3 is 4.57 Å². The number of ether oxygens (including phenoxy) is 1. The summed E-state index contributed by atoms with van der Waals surface area (Å²) in [6.07, 6.45) is -3.51. The van der Waals surface area contributed by atoms with Crippen LogP contribution in [-0.2, 0) is 21.3 Å². The Labute approximate surface area is 112 Å². The first-order valence-corrected chi connectivity index (χ1v) is 7.04. The van der Waals surface area contributed by atoms with Gasteiger partial charge in [-0.1, -0.05) is 18.2 Å². The summed E-state index contributed by atoms with van der Waals surface area (Å²) in [5, 5.41) is 5.44. The zero-order valence-corrected chi connectivity index (χ0v) is 10.9. The summed E-state index contributed by atoms with van der Waals surface area (Å²) in [4.78, 5) is -0.125. The van der Waals surface area contributed by atoms with Gasteiger partial charge in [0.05, 0.1) is 6.61 Å². The van der Waals surface area contributed by atoms with E-state index >= 15 is 0 Å². The third-order valence-corrected chi connectivity index (χ3v) is 3.59. The van der Waals surface area contributed by atoms with E-state index in [1.54, 1.807) is 18.2 Å². The first-order valence-electron chi connectivity index (χ1n) is 5.50. The SMILES string of the molecule is NS(=O)(=O)c1cn(CCOC(F)(F)F)c2ccccc12. The third-order valence-electron chi connectivity index (χ3n) is 2.66. The standard InChI is InChI=1S/C11H11F3N2O3S/c12-11(13,14)19-6-5-16-7-10(20(15,17)18)8-3-1-2-4-9(8)16/h1-4,7H,5-6H2,(H2,15,17,18). The molecule has 0 fully saturated rings. The zero-order valence-electron chi connectivity index (χ0n) is 10.1. The van der Waals surface area contributed by atoms with E-state index in [0.29, 0.717) is 10.9 Å².